The van der Waals surface area contributed by atoms with Gasteiger partial charge in [-0.25, -0.2) is 4.79 Å². The third-order valence-electron chi connectivity index (χ3n) is 5.76. The standard InChI is InChI=1S/C25H39N3O4/c1-20(2)11-7-4-5-10-14-23(29)27-18-21-17-25(31-3,15-16-26)28(19-21)24(30)32-22-12-8-6-9-13-22/h6-9,11-13,20-21H,4-5,10,14-19,26H2,1-3H3,(H,27,29)/b11-7+. The second-order valence-electron chi connectivity index (χ2n) is 8.77. The summed E-state index contributed by atoms with van der Waals surface area (Å²) in [6, 6.07) is 8.97. The van der Waals surface area contributed by atoms with E-state index in [9.17, 15) is 9.59 Å². The number of rotatable bonds is 12. The van der Waals surface area contributed by atoms with Gasteiger partial charge in [0.05, 0.1) is 0 Å². The Morgan fingerprint density at radius 1 is 1.28 bits per heavy atom. The fourth-order valence-corrected chi connectivity index (χ4v) is 4.09. The topological polar surface area (TPSA) is 93.9 Å². The Balaban J connectivity index is 1.86. The molecule has 0 saturated carbocycles. The number of likely N-dealkylation sites (tertiary alicyclic amines) is 1. The summed E-state index contributed by atoms with van der Waals surface area (Å²) >= 11 is 0. The summed E-state index contributed by atoms with van der Waals surface area (Å²) in [5, 5.41) is 3.02. The molecule has 1 aliphatic rings. The molecule has 7 nitrogen and oxygen atoms in total. The minimum atomic E-state index is -0.821. The number of allylic oxidation sites excluding steroid dienone is 2. The molecule has 2 unspecified atom stereocenters. The quantitative estimate of drug-likeness (QED) is 0.373. The van der Waals surface area contributed by atoms with Crippen LogP contribution < -0.4 is 15.8 Å². The normalized spacial score (nSPS) is 20.8. The molecular formula is C25H39N3O4. The average molecular weight is 446 g/mol. The maximum atomic E-state index is 12.9. The zero-order valence-corrected chi connectivity index (χ0v) is 19.7. The molecule has 7 heteroatoms. The van der Waals surface area contributed by atoms with Gasteiger partial charge in [-0.05, 0) is 49.8 Å². The minimum absolute atomic E-state index is 0.0463. The van der Waals surface area contributed by atoms with Gasteiger partial charge in [-0.15, -0.1) is 0 Å². The Kier molecular flexibility index (Phi) is 10.7. The van der Waals surface area contributed by atoms with Crippen molar-refractivity contribution < 1.29 is 19.1 Å². The number of methoxy groups -OCH3 is 1. The van der Waals surface area contributed by atoms with E-state index in [-0.39, 0.29) is 11.8 Å². The lowest BCUT2D eigenvalue weighted by molar-refractivity contribution is -0.121. The van der Waals surface area contributed by atoms with Crippen LogP contribution in [-0.4, -0.2) is 49.4 Å². The van der Waals surface area contributed by atoms with Gasteiger partial charge >= 0.3 is 6.09 Å². The third-order valence-corrected chi connectivity index (χ3v) is 5.76. The van der Waals surface area contributed by atoms with Crippen LogP contribution in [-0.2, 0) is 9.53 Å². The van der Waals surface area contributed by atoms with Crippen LogP contribution in [0.15, 0.2) is 42.5 Å². The van der Waals surface area contributed by atoms with E-state index in [4.69, 9.17) is 15.2 Å². The van der Waals surface area contributed by atoms with Crippen LogP contribution >= 0.6 is 0 Å². The molecule has 1 aromatic carbocycles. The van der Waals surface area contributed by atoms with E-state index in [1.165, 1.54) is 0 Å². The van der Waals surface area contributed by atoms with Gasteiger partial charge in [0.25, 0.3) is 0 Å². The van der Waals surface area contributed by atoms with E-state index in [0.29, 0.717) is 50.6 Å². The molecule has 0 aromatic heterocycles. The van der Waals surface area contributed by atoms with Crippen molar-refractivity contribution >= 4 is 12.0 Å². The number of hydrogen-bond donors (Lipinski definition) is 2. The Morgan fingerprint density at radius 2 is 2.03 bits per heavy atom. The molecule has 1 fully saturated rings. The van der Waals surface area contributed by atoms with Gasteiger partial charge in [0, 0.05) is 39.5 Å². The first kappa shape index (κ1) is 25.9. The molecule has 1 saturated heterocycles. The smallest absolute Gasteiger partial charge is 0.410 e. The van der Waals surface area contributed by atoms with Crippen molar-refractivity contribution in [3.8, 4) is 5.75 Å². The summed E-state index contributed by atoms with van der Waals surface area (Å²) in [5.41, 5.74) is 5.00. The van der Waals surface area contributed by atoms with Gasteiger partial charge in [0.1, 0.15) is 11.5 Å². The number of ether oxygens (including phenoxy) is 2. The second-order valence-corrected chi connectivity index (χ2v) is 8.77. The Labute approximate surface area is 192 Å². The first-order valence-electron chi connectivity index (χ1n) is 11.6. The van der Waals surface area contributed by atoms with Crippen LogP contribution in [0.5, 0.6) is 5.75 Å². The van der Waals surface area contributed by atoms with Crippen molar-refractivity contribution in [3.05, 3.63) is 42.5 Å². The number of carbonyl (C=O) groups excluding carboxylic acids is 2. The fourth-order valence-electron chi connectivity index (χ4n) is 4.09. The predicted octanol–water partition coefficient (Wildman–Crippen LogP) is 4.09. The first-order chi connectivity index (χ1) is 15.4. The maximum absolute atomic E-state index is 12.9. The van der Waals surface area contributed by atoms with Gasteiger partial charge in [-0.1, -0.05) is 44.2 Å². The lowest BCUT2D eigenvalue weighted by Crippen LogP contribution is -2.50. The summed E-state index contributed by atoms with van der Waals surface area (Å²) in [7, 11) is 1.59. The van der Waals surface area contributed by atoms with E-state index >= 15 is 0 Å². The lowest BCUT2D eigenvalue weighted by Gasteiger charge is -2.36. The number of benzene rings is 1. The van der Waals surface area contributed by atoms with Crippen molar-refractivity contribution in [3.63, 3.8) is 0 Å². The highest BCUT2D eigenvalue weighted by molar-refractivity contribution is 5.76. The largest absolute Gasteiger partial charge is 0.417 e. The summed E-state index contributed by atoms with van der Waals surface area (Å²) in [5.74, 6) is 1.16. The zero-order chi connectivity index (χ0) is 23.4. The first-order valence-corrected chi connectivity index (χ1v) is 11.6. The number of nitrogens with two attached hydrogens (primary N) is 1. The Morgan fingerprint density at radius 3 is 2.69 bits per heavy atom. The molecule has 1 aliphatic heterocycles. The number of nitrogens with one attached hydrogen (secondary N) is 1. The van der Waals surface area contributed by atoms with E-state index in [0.717, 1.165) is 19.3 Å². The monoisotopic (exact) mass is 445 g/mol. The molecule has 32 heavy (non-hydrogen) atoms. The van der Waals surface area contributed by atoms with Gasteiger partial charge < -0.3 is 20.5 Å². The maximum Gasteiger partial charge on any atom is 0.417 e. The molecule has 0 radical (unpaired) electrons. The van der Waals surface area contributed by atoms with Crippen LogP contribution in [0.2, 0.25) is 0 Å². The number of unbranched alkanes of at least 4 members (excludes halogenated alkanes) is 2. The molecule has 1 heterocycles. The number of hydrogen-bond acceptors (Lipinski definition) is 5. The fraction of sp³-hybridized carbons (Fsp3) is 0.600. The average Bonchev–Trinajstić information content (AvgIpc) is 3.14. The Hall–Kier alpha value is -2.38. The van der Waals surface area contributed by atoms with Crippen LogP contribution in [0.25, 0.3) is 0 Å². The summed E-state index contributed by atoms with van der Waals surface area (Å²) in [6.45, 7) is 5.63. The molecule has 2 rings (SSSR count). The van der Waals surface area contributed by atoms with E-state index in [2.05, 4.69) is 31.3 Å². The van der Waals surface area contributed by atoms with E-state index in [1.54, 1.807) is 24.1 Å². The van der Waals surface area contributed by atoms with Gasteiger partial charge in [0.15, 0.2) is 0 Å². The second kappa shape index (κ2) is 13.2. The van der Waals surface area contributed by atoms with E-state index < -0.39 is 11.8 Å². The third kappa shape index (κ3) is 7.95. The van der Waals surface area contributed by atoms with Crippen molar-refractivity contribution in [1.82, 2.24) is 10.2 Å². The van der Waals surface area contributed by atoms with Crippen LogP contribution in [0.3, 0.4) is 0 Å². The number of nitrogens with zero attached hydrogens (tertiary/aromatic N) is 1. The lowest BCUT2D eigenvalue weighted by atomic mass is 10.00. The van der Waals surface area contributed by atoms with Gasteiger partial charge in [0.2, 0.25) is 5.91 Å². The molecule has 2 atom stereocenters. The molecule has 0 spiro atoms. The van der Waals surface area contributed by atoms with Crippen LogP contribution in [0, 0.1) is 11.8 Å². The van der Waals surface area contributed by atoms with Gasteiger partial charge in [-0.3, -0.25) is 9.69 Å². The van der Waals surface area contributed by atoms with Crippen LogP contribution in [0.4, 0.5) is 4.79 Å². The van der Waals surface area contributed by atoms with Crippen molar-refractivity contribution in [2.75, 3.05) is 26.7 Å². The van der Waals surface area contributed by atoms with Crippen LogP contribution in [0.1, 0.15) is 52.4 Å². The SMILES string of the molecule is COC1(CCN)CC(CNC(=O)CCCC/C=C/C(C)C)CN1C(=O)Oc1ccccc1. The highest BCUT2D eigenvalue weighted by atomic mass is 16.6. The molecule has 3 N–H and O–H groups in total. The minimum Gasteiger partial charge on any atom is -0.410 e. The molecule has 0 bridgehead atoms. The highest BCUT2D eigenvalue weighted by Crippen LogP contribution is 2.37. The predicted molar refractivity (Wildman–Crippen MR) is 126 cm³/mol. The molecule has 2 amide bonds. The summed E-state index contributed by atoms with van der Waals surface area (Å²) < 4.78 is 11.3. The molecular weight excluding hydrogens is 406 g/mol. The summed E-state index contributed by atoms with van der Waals surface area (Å²) in [4.78, 5) is 26.8. The molecule has 178 valence electrons. The van der Waals surface area contributed by atoms with Crippen molar-refractivity contribution in [2.24, 2.45) is 17.6 Å². The number of para-hydroxylation sites is 1. The van der Waals surface area contributed by atoms with Crippen molar-refractivity contribution in [1.29, 1.82) is 0 Å². The van der Waals surface area contributed by atoms with E-state index in [1.807, 2.05) is 18.2 Å². The highest BCUT2D eigenvalue weighted by Gasteiger charge is 2.48. The molecule has 1 aromatic rings. The summed E-state index contributed by atoms with van der Waals surface area (Å²) in [6.07, 6.45) is 8.40. The number of amides is 2. The number of carbonyl (C=O) groups is 2. The zero-order valence-electron chi connectivity index (χ0n) is 19.7. The van der Waals surface area contributed by atoms with Gasteiger partial charge in [-0.2, -0.15) is 0 Å². The van der Waals surface area contributed by atoms with Crippen molar-refractivity contribution in [2.45, 2.75) is 58.1 Å². The molecule has 0 aliphatic carbocycles. The Bertz CT molecular complexity index is 738.